The predicted octanol–water partition coefficient (Wildman–Crippen LogP) is 6.23. The van der Waals surface area contributed by atoms with E-state index in [-0.39, 0.29) is 12.5 Å². The van der Waals surface area contributed by atoms with Crippen LogP contribution >= 0.6 is 22.6 Å². The molecular weight excluding hydrogens is 585 g/mol. The van der Waals surface area contributed by atoms with Crippen LogP contribution in [0.3, 0.4) is 0 Å². The van der Waals surface area contributed by atoms with Crippen LogP contribution in [0.1, 0.15) is 88.6 Å². The third-order valence-electron chi connectivity index (χ3n) is 5.74. The normalized spacial score (nSPS) is 15.8. The van der Waals surface area contributed by atoms with E-state index in [1.807, 2.05) is 56.3 Å². The molecule has 0 aromatic heterocycles. The van der Waals surface area contributed by atoms with E-state index in [4.69, 9.17) is 9.47 Å². The molecule has 200 valence electrons. The molecule has 0 saturated heterocycles. The molecule has 37 heavy (non-hydrogen) atoms. The standard InChI is InChI=1S/C28H36IN3O5/c1-26(2,3)36-24(34)30-16-17-14-19-21(20(29)15-17)23(33)32(22(19)31-25(35)37-27(4,5)6)28(7,8)18-12-10-9-11-13-18/h9-15,22H,16H2,1-8H3,(H,30,34)(H,31,35). The fraction of sp³-hybridized carbons (Fsp3) is 0.464. The molecule has 3 rings (SSSR count). The van der Waals surface area contributed by atoms with Crippen LogP contribution in [-0.2, 0) is 21.6 Å². The first kappa shape index (κ1) is 28.7. The average molecular weight is 622 g/mol. The lowest BCUT2D eigenvalue weighted by molar-refractivity contribution is 0.0242. The Balaban J connectivity index is 2.01. The van der Waals surface area contributed by atoms with Gasteiger partial charge >= 0.3 is 12.2 Å². The summed E-state index contributed by atoms with van der Waals surface area (Å²) in [5.41, 5.74) is 0.790. The van der Waals surface area contributed by atoms with E-state index in [0.717, 1.165) is 14.7 Å². The number of hydrogen-bond acceptors (Lipinski definition) is 5. The average Bonchev–Trinajstić information content (AvgIpc) is 3.02. The van der Waals surface area contributed by atoms with Gasteiger partial charge in [0.05, 0.1) is 11.1 Å². The first-order valence-electron chi connectivity index (χ1n) is 12.2. The lowest BCUT2D eigenvalue weighted by Crippen LogP contribution is -2.50. The quantitative estimate of drug-likeness (QED) is 0.386. The van der Waals surface area contributed by atoms with Crippen molar-refractivity contribution in [1.29, 1.82) is 0 Å². The molecule has 1 aliphatic heterocycles. The second-order valence-corrected chi connectivity index (χ2v) is 12.7. The van der Waals surface area contributed by atoms with Gasteiger partial charge in [0.1, 0.15) is 17.4 Å². The van der Waals surface area contributed by atoms with Crippen molar-refractivity contribution in [1.82, 2.24) is 15.5 Å². The summed E-state index contributed by atoms with van der Waals surface area (Å²) in [6, 6.07) is 13.4. The number of benzene rings is 2. The van der Waals surface area contributed by atoms with Crippen molar-refractivity contribution >= 4 is 40.7 Å². The van der Waals surface area contributed by atoms with E-state index < -0.39 is 35.1 Å². The van der Waals surface area contributed by atoms with Gasteiger partial charge in [0.25, 0.3) is 5.91 Å². The molecule has 1 heterocycles. The minimum absolute atomic E-state index is 0.194. The second kappa shape index (κ2) is 10.5. The highest BCUT2D eigenvalue weighted by atomic mass is 127. The molecule has 0 fully saturated rings. The van der Waals surface area contributed by atoms with Crippen LogP contribution in [0.2, 0.25) is 0 Å². The number of fused-ring (bicyclic) bond motifs is 1. The van der Waals surface area contributed by atoms with Gasteiger partial charge in [0.2, 0.25) is 0 Å². The van der Waals surface area contributed by atoms with E-state index in [0.29, 0.717) is 11.1 Å². The molecule has 2 N–H and O–H groups in total. The number of nitrogens with one attached hydrogen (secondary N) is 2. The highest BCUT2D eigenvalue weighted by Gasteiger charge is 2.47. The minimum Gasteiger partial charge on any atom is -0.444 e. The lowest BCUT2D eigenvalue weighted by Gasteiger charge is -2.40. The number of carbonyl (C=O) groups is 3. The maximum atomic E-state index is 13.9. The number of carbonyl (C=O) groups excluding carboxylic acids is 3. The summed E-state index contributed by atoms with van der Waals surface area (Å²) in [7, 11) is 0. The number of alkyl carbamates (subject to hydrolysis) is 2. The molecule has 8 nitrogen and oxygen atoms in total. The molecule has 3 amide bonds. The summed E-state index contributed by atoms with van der Waals surface area (Å²) < 4.78 is 11.6. The lowest BCUT2D eigenvalue weighted by atomic mass is 9.92. The summed E-state index contributed by atoms with van der Waals surface area (Å²) in [6.45, 7) is 14.9. The summed E-state index contributed by atoms with van der Waals surface area (Å²) in [5, 5.41) is 5.69. The van der Waals surface area contributed by atoms with Gasteiger partial charge in [-0.25, -0.2) is 9.59 Å². The largest absolute Gasteiger partial charge is 0.444 e. The Labute approximate surface area is 232 Å². The molecule has 0 aliphatic carbocycles. The number of rotatable bonds is 5. The minimum atomic E-state index is -0.775. The summed E-state index contributed by atoms with van der Waals surface area (Å²) >= 11 is 2.13. The number of halogens is 1. The van der Waals surface area contributed by atoms with Gasteiger partial charge in [-0.2, -0.15) is 0 Å². The molecule has 0 saturated carbocycles. The Morgan fingerprint density at radius 3 is 2.05 bits per heavy atom. The van der Waals surface area contributed by atoms with Crippen LogP contribution < -0.4 is 10.6 Å². The molecule has 1 atom stereocenters. The van der Waals surface area contributed by atoms with Crippen LogP contribution in [0.25, 0.3) is 0 Å². The van der Waals surface area contributed by atoms with E-state index in [9.17, 15) is 14.4 Å². The van der Waals surface area contributed by atoms with Crippen LogP contribution in [0.5, 0.6) is 0 Å². The Hall–Kier alpha value is -2.82. The maximum absolute atomic E-state index is 13.9. The van der Waals surface area contributed by atoms with E-state index in [1.165, 1.54) is 0 Å². The SMILES string of the molecule is CC(C)(C)OC(=O)NCc1cc(I)c2c(c1)C(NC(=O)OC(C)(C)C)N(C(C)(C)c1ccccc1)C2=O. The number of hydrogen-bond donors (Lipinski definition) is 2. The van der Waals surface area contributed by atoms with E-state index in [1.54, 1.807) is 46.4 Å². The third-order valence-corrected chi connectivity index (χ3v) is 6.59. The van der Waals surface area contributed by atoms with Crippen LogP contribution in [0, 0.1) is 3.57 Å². The van der Waals surface area contributed by atoms with Crippen molar-refractivity contribution in [2.75, 3.05) is 0 Å². The van der Waals surface area contributed by atoms with Gasteiger partial charge in [-0.3, -0.25) is 10.1 Å². The van der Waals surface area contributed by atoms with Crippen molar-refractivity contribution in [3.05, 3.63) is 68.3 Å². The molecular formula is C28H36IN3O5. The van der Waals surface area contributed by atoms with Gasteiger partial charge in [-0.05, 0) is 101 Å². The molecule has 1 unspecified atom stereocenters. The van der Waals surface area contributed by atoms with E-state index in [2.05, 4.69) is 33.2 Å². The summed E-state index contributed by atoms with van der Waals surface area (Å²) in [4.78, 5) is 40.7. The molecule has 1 aliphatic rings. The van der Waals surface area contributed by atoms with Crippen LogP contribution in [0.15, 0.2) is 42.5 Å². The first-order chi connectivity index (χ1) is 17.0. The zero-order chi connectivity index (χ0) is 27.8. The van der Waals surface area contributed by atoms with Crippen molar-refractivity contribution in [2.24, 2.45) is 0 Å². The Morgan fingerprint density at radius 2 is 1.49 bits per heavy atom. The molecule has 2 aromatic carbocycles. The number of amides is 3. The Bertz CT molecular complexity index is 1180. The zero-order valence-electron chi connectivity index (χ0n) is 22.7. The number of nitrogens with zero attached hydrogens (tertiary/aromatic N) is 1. The predicted molar refractivity (Wildman–Crippen MR) is 150 cm³/mol. The van der Waals surface area contributed by atoms with Crippen molar-refractivity contribution < 1.29 is 23.9 Å². The second-order valence-electron chi connectivity index (χ2n) is 11.5. The van der Waals surface area contributed by atoms with Crippen molar-refractivity contribution in [3.63, 3.8) is 0 Å². The summed E-state index contributed by atoms with van der Waals surface area (Å²) in [6.07, 6.45) is -1.93. The van der Waals surface area contributed by atoms with E-state index >= 15 is 0 Å². The monoisotopic (exact) mass is 621 g/mol. The van der Waals surface area contributed by atoms with Crippen molar-refractivity contribution in [2.45, 2.75) is 84.8 Å². The molecule has 9 heteroatoms. The smallest absolute Gasteiger partial charge is 0.409 e. The fourth-order valence-corrected chi connectivity index (χ4v) is 5.16. The zero-order valence-corrected chi connectivity index (χ0v) is 24.8. The molecule has 0 bridgehead atoms. The number of ether oxygens (including phenoxy) is 2. The maximum Gasteiger partial charge on any atom is 0.409 e. The summed E-state index contributed by atoms with van der Waals surface area (Å²) in [5.74, 6) is -0.194. The van der Waals surface area contributed by atoms with Crippen LogP contribution in [-0.4, -0.2) is 34.2 Å². The highest BCUT2D eigenvalue weighted by Crippen LogP contribution is 2.43. The third kappa shape index (κ3) is 6.94. The Kier molecular flexibility index (Phi) is 8.16. The molecule has 0 spiro atoms. The van der Waals surface area contributed by atoms with Gasteiger partial charge in [-0.1, -0.05) is 30.3 Å². The highest BCUT2D eigenvalue weighted by molar-refractivity contribution is 14.1. The van der Waals surface area contributed by atoms with Gasteiger partial charge in [-0.15, -0.1) is 0 Å². The Morgan fingerprint density at radius 1 is 0.919 bits per heavy atom. The fourth-order valence-electron chi connectivity index (χ4n) is 4.22. The van der Waals surface area contributed by atoms with Gasteiger partial charge in [0.15, 0.2) is 0 Å². The van der Waals surface area contributed by atoms with Crippen LogP contribution in [0.4, 0.5) is 9.59 Å². The van der Waals surface area contributed by atoms with Gasteiger partial charge < -0.3 is 19.7 Å². The molecule has 0 radical (unpaired) electrons. The first-order valence-corrected chi connectivity index (χ1v) is 13.3. The van der Waals surface area contributed by atoms with Gasteiger partial charge in [0, 0.05) is 15.7 Å². The van der Waals surface area contributed by atoms with Crippen molar-refractivity contribution in [3.8, 4) is 0 Å². The topological polar surface area (TPSA) is 97.0 Å². The molecule has 2 aromatic rings.